The van der Waals surface area contributed by atoms with Crippen LogP contribution in [0.4, 0.5) is 0 Å². The quantitative estimate of drug-likeness (QED) is 0.118. The molecule has 0 fully saturated rings. The molecule has 0 saturated heterocycles. The Labute approximate surface area is 164 Å². The monoisotopic (exact) mass is 448 g/mol. The van der Waals surface area contributed by atoms with Gasteiger partial charge in [0.25, 0.3) is 6.73 Å². The summed E-state index contributed by atoms with van der Waals surface area (Å²) in [5, 5.41) is 11.6. The highest BCUT2D eigenvalue weighted by Crippen LogP contribution is 2.10. The lowest BCUT2D eigenvalue weighted by Gasteiger charge is -2.03. The van der Waals surface area contributed by atoms with Gasteiger partial charge in [0.15, 0.2) is 12.4 Å². The number of nitrogens with zero attached hydrogens (tertiary/aromatic N) is 2. The molecule has 0 radical (unpaired) electrons. The maximum absolute atomic E-state index is 8.53. The van der Waals surface area contributed by atoms with E-state index >= 15 is 0 Å². The summed E-state index contributed by atoms with van der Waals surface area (Å²) in [6.45, 7) is 3.62. The summed E-state index contributed by atoms with van der Waals surface area (Å²) in [4.78, 5) is 0. The van der Waals surface area contributed by atoms with Crippen molar-refractivity contribution < 1.29 is 38.5 Å². The first kappa shape index (κ1) is 23.3. The van der Waals surface area contributed by atoms with Gasteiger partial charge in [0.2, 0.25) is 0 Å². The van der Waals surface area contributed by atoms with Crippen LogP contribution in [0, 0.1) is 0 Å². The first-order valence-corrected chi connectivity index (χ1v) is 9.11. The minimum absolute atomic E-state index is 0. The third-order valence-corrected chi connectivity index (χ3v) is 3.97. The van der Waals surface area contributed by atoms with Gasteiger partial charge >= 0.3 is 0 Å². The fraction of sp³-hybridized carbons (Fsp3) is 0.684. The summed E-state index contributed by atoms with van der Waals surface area (Å²) in [6.07, 6.45) is 18.7. The largest absolute Gasteiger partial charge is 1.00 e. The molecule has 4 nitrogen and oxygen atoms in total. The fourth-order valence-corrected chi connectivity index (χ4v) is 2.63. The molecule has 0 atom stereocenters. The SMILES string of the molecule is CCCCCCCCCCCCOC[n+]1cccc(C=NO)c1.[I-]. The molecule has 1 heterocycles. The van der Waals surface area contributed by atoms with Gasteiger partial charge < -0.3 is 33.9 Å². The first-order chi connectivity index (χ1) is 11.4. The van der Waals surface area contributed by atoms with E-state index in [1.165, 1.54) is 64.0 Å². The highest BCUT2D eigenvalue weighted by molar-refractivity contribution is 5.77. The Balaban J connectivity index is 0.00000529. The molecule has 0 aliphatic rings. The standard InChI is InChI=1S/C19H32N2O2.HI/c1-2-3-4-5-6-7-8-9-10-11-15-23-18-21-14-12-13-19(17-21)16-20-22;/h12-14,16-17H,2-11,15,18H2,1H3;1H. The summed E-state index contributed by atoms with van der Waals surface area (Å²) >= 11 is 0. The van der Waals surface area contributed by atoms with Gasteiger partial charge in [0, 0.05) is 6.07 Å². The minimum Gasteiger partial charge on any atom is -1.00 e. The van der Waals surface area contributed by atoms with Crippen LogP contribution < -0.4 is 28.5 Å². The second-order valence-corrected chi connectivity index (χ2v) is 6.12. The third kappa shape index (κ3) is 12.7. The molecule has 138 valence electrons. The fourth-order valence-electron chi connectivity index (χ4n) is 2.63. The molecule has 0 unspecified atom stereocenters. The number of unbranched alkanes of at least 4 members (excludes halogenated alkanes) is 9. The number of halogens is 1. The van der Waals surface area contributed by atoms with Gasteiger partial charge in [0.05, 0.1) is 18.4 Å². The van der Waals surface area contributed by atoms with E-state index in [0.29, 0.717) is 6.73 Å². The van der Waals surface area contributed by atoms with E-state index in [0.717, 1.165) is 18.6 Å². The maximum atomic E-state index is 8.53. The van der Waals surface area contributed by atoms with Crippen LogP contribution in [-0.2, 0) is 11.5 Å². The first-order valence-electron chi connectivity index (χ1n) is 9.11. The van der Waals surface area contributed by atoms with Crippen molar-refractivity contribution in [3.05, 3.63) is 30.1 Å². The highest BCUT2D eigenvalue weighted by Gasteiger charge is 2.01. The van der Waals surface area contributed by atoms with E-state index in [-0.39, 0.29) is 24.0 Å². The van der Waals surface area contributed by atoms with Crippen LogP contribution in [-0.4, -0.2) is 18.0 Å². The van der Waals surface area contributed by atoms with Gasteiger partial charge in [-0.25, -0.2) is 0 Å². The second kappa shape index (κ2) is 17.1. The van der Waals surface area contributed by atoms with Crippen molar-refractivity contribution in [1.82, 2.24) is 0 Å². The Hall–Kier alpha value is -0.690. The Kier molecular flexibility index (Phi) is 16.7. The molecule has 0 aliphatic heterocycles. The van der Waals surface area contributed by atoms with E-state index in [1.807, 2.05) is 29.1 Å². The van der Waals surface area contributed by atoms with Crippen LogP contribution in [0.1, 0.15) is 76.7 Å². The van der Waals surface area contributed by atoms with Crippen molar-refractivity contribution in [1.29, 1.82) is 0 Å². The van der Waals surface area contributed by atoms with Crippen LogP contribution in [0.5, 0.6) is 0 Å². The Bertz CT molecular complexity index is 428. The molecule has 0 spiro atoms. The molecule has 5 heteroatoms. The molecule has 0 saturated carbocycles. The normalized spacial score (nSPS) is 10.9. The van der Waals surface area contributed by atoms with Crippen molar-refractivity contribution in [2.24, 2.45) is 5.16 Å². The van der Waals surface area contributed by atoms with E-state index < -0.39 is 0 Å². The molecular formula is C19H33IN2O2. The predicted octanol–water partition coefficient (Wildman–Crippen LogP) is 1.68. The number of ether oxygens (including phenoxy) is 1. The second-order valence-electron chi connectivity index (χ2n) is 6.12. The molecule has 0 aromatic carbocycles. The third-order valence-electron chi connectivity index (χ3n) is 3.97. The zero-order valence-corrected chi connectivity index (χ0v) is 17.2. The topological polar surface area (TPSA) is 45.7 Å². The Morgan fingerprint density at radius 1 is 1.04 bits per heavy atom. The van der Waals surface area contributed by atoms with Gasteiger partial charge in [-0.3, -0.25) is 0 Å². The van der Waals surface area contributed by atoms with E-state index in [4.69, 9.17) is 9.94 Å². The molecule has 0 aliphatic carbocycles. The lowest BCUT2D eigenvalue weighted by atomic mass is 10.1. The molecule has 0 bridgehead atoms. The summed E-state index contributed by atoms with van der Waals surface area (Å²) in [7, 11) is 0. The summed E-state index contributed by atoms with van der Waals surface area (Å²) < 4.78 is 7.63. The highest BCUT2D eigenvalue weighted by atomic mass is 127. The summed E-state index contributed by atoms with van der Waals surface area (Å²) in [5.41, 5.74) is 0.859. The Morgan fingerprint density at radius 2 is 1.67 bits per heavy atom. The number of pyridine rings is 1. The molecular weight excluding hydrogens is 415 g/mol. The van der Waals surface area contributed by atoms with Crippen molar-refractivity contribution in [3.8, 4) is 0 Å². The van der Waals surface area contributed by atoms with Crippen molar-refractivity contribution in [2.75, 3.05) is 6.61 Å². The zero-order valence-electron chi connectivity index (χ0n) is 15.0. The van der Waals surface area contributed by atoms with Crippen LogP contribution in [0.3, 0.4) is 0 Å². The number of hydrogen-bond acceptors (Lipinski definition) is 3. The van der Waals surface area contributed by atoms with Gasteiger partial charge in [-0.05, 0) is 12.5 Å². The molecule has 1 aromatic rings. The van der Waals surface area contributed by atoms with Gasteiger partial charge in [-0.2, -0.15) is 4.57 Å². The summed E-state index contributed by atoms with van der Waals surface area (Å²) in [5.74, 6) is 0. The van der Waals surface area contributed by atoms with Crippen molar-refractivity contribution in [2.45, 2.75) is 77.9 Å². The molecule has 0 amide bonds. The maximum Gasteiger partial charge on any atom is 0.252 e. The average molecular weight is 448 g/mol. The zero-order chi connectivity index (χ0) is 16.6. The van der Waals surface area contributed by atoms with Crippen molar-refractivity contribution in [3.63, 3.8) is 0 Å². The van der Waals surface area contributed by atoms with Crippen LogP contribution in [0.15, 0.2) is 29.7 Å². The predicted molar refractivity (Wildman–Crippen MR) is 93.8 cm³/mol. The van der Waals surface area contributed by atoms with Crippen LogP contribution >= 0.6 is 0 Å². The van der Waals surface area contributed by atoms with E-state index in [1.54, 1.807) is 0 Å². The van der Waals surface area contributed by atoms with E-state index in [9.17, 15) is 0 Å². The number of aromatic nitrogens is 1. The average Bonchev–Trinajstić information content (AvgIpc) is 2.56. The molecule has 1 rings (SSSR count). The Morgan fingerprint density at radius 3 is 2.29 bits per heavy atom. The molecule has 1 N–H and O–H groups in total. The number of oxime groups is 1. The molecule has 1 aromatic heterocycles. The van der Waals surface area contributed by atoms with Crippen LogP contribution in [0.25, 0.3) is 0 Å². The lowest BCUT2D eigenvalue weighted by molar-refractivity contribution is -0.732. The summed E-state index contributed by atoms with van der Waals surface area (Å²) in [6, 6.07) is 3.80. The number of hydrogen-bond donors (Lipinski definition) is 1. The van der Waals surface area contributed by atoms with Gasteiger partial charge in [-0.15, -0.1) is 0 Å². The van der Waals surface area contributed by atoms with Gasteiger partial charge in [-0.1, -0.05) is 69.9 Å². The minimum atomic E-state index is 0. The van der Waals surface area contributed by atoms with Crippen LogP contribution in [0.2, 0.25) is 0 Å². The molecule has 24 heavy (non-hydrogen) atoms. The van der Waals surface area contributed by atoms with Crippen molar-refractivity contribution >= 4 is 6.21 Å². The van der Waals surface area contributed by atoms with E-state index in [2.05, 4.69) is 12.1 Å². The lowest BCUT2D eigenvalue weighted by Crippen LogP contribution is -3.00. The number of rotatable bonds is 14. The smallest absolute Gasteiger partial charge is 0.252 e. The van der Waals surface area contributed by atoms with Gasteiger partial charge in [0.1, 0.15) is 0 Å².